The van der Waals surface area contributed by atoms with Crippen molar-refractivity contribution in [1.82, 2.24) is 20.4 Å². The Balaban J connectivity index is 1.36. The molecule has 0 radical (unpaired) electrons. The van der Waals surface area contributed by atoms with Gasteiger partial charge >= 0.3 is 0 Å². The number of thioether (sulfide) groups is 1. The van der Waals surface area contributed by atoms with E-state index in [0.717, 1.165) is 28.3 Å². The molecule has 9 heteroatoms. The first kappa shape index (κ1) is 16.2. The molecule has 0 spiro atoms. The Kier molecular flexibility index (Phi) is 4.50. The summed E-state index contributed by atoms with van der Waals surface area (Å²) in [5.41, 5.74) is 2.03. The fourth-order valence-corrected chi connectivity index (χ4v) is 3.82. The highest BCUT2D eigenvalue weighted by atomic mass is 32.2. The van der Waals surface area contributed by atoms with Crippen LogP contribution in [0.15, 0.2) is 33.0 Å². The van der Waals surface area contributed by atoms with Gasteiger partial charge in [-0.05, 0) is 31.4 Å². The van der Waals surface area contributed by atoms with Gasteiger partial charge in [0.2, 0.25) is 22.8 Å². The van der Waals surface area contributed by atoms with Crippen LogP contribution >= 0.6 is 23.1 Å². The van der Waals surface area contributed by atoms with Crippen molar-refractivity contribution in [3.05, 3.63) is 35.7 Å². The molecule has 0 unspecified atom stereocenters. The Morgan fingerprint density at radius 2 is 2.12 bits per heavy atom. The van der Waals surface area contributed by atoms with Gasteiger partial charge in [0.15, 0.2) is 4.34 Å². The van der Waals surface area contributed by atoms with E-state index in [2.05, 4.69) is 25.7 Å². The number of rotatable bonds is 6. The minimum Gasteiger partial charge on any atom is -0.420 e. The van der Waals surface area contributed by atoms with Crippen molar-refractivity contribution in [3.63, 3.8) is 0 Å². The number of anilines is 1. The topological polar surface area (TPSA) is 93.8 Å². The quantitative estimate of drug-likeness (QED) is 0.522. The van der Waals surface area contributed by atoms with Crippen molar-refractivity contribution in [1.29, 1.82) is 0 Å². The molecule has 128 valence electrons. The monoisotopic (exact) mass is 373 g/mol. The summed E-state index contributed by atoms with van der Waals surface area (Å²) in [6, 6.07) is 7.88. The van der Waals surface area contributed by atoms with Gasteiger partial charge in [-0.2, -0.15) is 0 Å². The normalized spacial score (nSPS) is 13.8. The average Bonchev–Trinajstić information content (AvgIpc) is 3.20. The Labute approximate surface area is 152 Å². The molecule has 7 nitrogen and oxygen atoms in total. The van der Waals surface area contributed by atoms with E-state index in [9.17, 15) is 4.79 Å². The van der Waals surface area contributed by atoms with E-state index >= 15 is 0 Å². The Morgan fingerprint density at radius 1 is 1.28 bits per heavy atom. The van der Waals surface area contributed by atoms with Gasteiger partial charge < -0.3 is 9.73 Å². The molecule has 1 aliphatic carbocycles. The number of benzene rings is 1. The minimum absolute atomic E-state index is 0.0347. The summed E-state index contributed by atoms with van der Waals surface area (Å²) < 4.78 is 6.48. The van der Waals surface area contributed by atoms with E-state index in [1.165, 1.54) is 23.1 Å². The first-order valence-electron chi connectivity index (χ1n) is 7.84. The second-order valence-corrected chi connectivity index (χ2v) is 7.94. The van der Waals surface area contributed by atoms with Crippen LogP contribution in [0.2, 0.25) is 0 Å². The van der Waals surface area contributed by atoms with Crippen LogP contribution in [0, 0.1) is 12.8 Å². The van der Waals surface area contributed by atoms with Gasteiger partial charge in [0.25, 0.3) is 0 Å². The summed E-state index contributed by atoms with van der Waals surface area (Å²) in [7, 11) is 0. The van der Waals surface area contributed by atoms with Gasteiger partial charge in [-0.25, -0.2) is 0 Å². The number of nitrogens with one attached hydrogen (secondary N) is 1. The van der Waals surface area contributed by atoms with Gasteiger partial charge in [0.05, 0.1) is 5.75 Å². The summed E-state index contributed by atoms with van der Waals surface area (Å²) in [5, 5.41) is 19.6. The fraction of sp³-hybridized carbons (Fsp3) is 0.312. The molecule has 4 rings (SSSR count). The van der Waals surface area contributed by atoms with Crippen LogP contribution in [0.5, 0.6) is 0 Å². The van der Waals surface area contributed by atoms with Gasteiger partial charge in [-0.3, -0.25) is 4.79 Å². The van der Waals surface area contributed by atoms with E-state index in [1.54, 1.807) is 0 Å². The third-order valence-electron chi connectivity index (χ3n) is 3.75. The SMILES string of the molecule is Cc1ccccc1-c1nnc(CSc2nnc(NC(=O)C3CC3)s2)o1. The Bertz CT molecular complexity index is 903. The van der Waals surface area contributed by atoms with Crippen molar-refractivity contribution in [2.24, 2.45) is 5.92 Å². The Hall–Kier alpha value is -2.26. The lowest BCUT2D eigenvalue weighted by Crippen LogP contribution is -2.12. The largest absolute Gasteiger partial charge is 0.420 e. The average molecular weight is 373 g/mol. The fourth-order valence-electron chi connectivity index (χ4n) is 2.23. The lowest BCUT2D eigenvalue weighted by molar-refractivity contribution is -0.117. The third-order valence-corrected chi connectivity index (χ3v) is 5.70. The molecule has 3 aromatic rings. The van der Waals surface area contributed by atoms with E-state index in [1.807, 2.05) is 31.2 Å². The van der Waals surface area contributed by atoms with Crippen molar-refractivity contribution in [2.45, 2.75) is 29.9 Å². The van der Waals surface area contributed by atoms with Gasteiger partial charge in [-0.1, -0.05) is 41.3 Å². The maximum atomic E-state index is 11.7. The number of carbonyl (C=O) groups is 1. The molecule has 0 bridgehead atoms. The zero-order chi connectivity index (χ0) is 17.2. The number of nitrogens with zero attached hydrogens (tertiary/aromatic N) is 4. The maximum Gasteiger partial charge on any atom is 0.248 e. The van der Waals surface area contributed by atoms with Crippen molar-refractivity contribution < 1.29 is 9.21 Å². The van der Waals surface area contributed by atoms with E-state index in [0.29, 0.717) is 22.7 Å². The predicted molar refractivity (Wildman–Crippen MR) is 95.3 cm³/mol. The lowest BCUT2D eigenvalue weighted by Gasteiger charge is -1.98. The summed E-state index contributed by atoms with van der Waals surface area (Å²) in [6.07, 6.45) is 1.93. The molecule has 0 atom stereocenters. The summed E-state index contributed by atoms with van der Waals surface area (Å²) >= 11 is 2.81. The van der Waals surface area contributed by atoms with Crippen molar-refractivity contribution in [3.8, 4) is 11.5 Å². The second kappa shape index (κ2) is 6.93. The Morgan fingerprint density at radius 3 is 2.92 bits per heavy atom. The van der Waals surface area contributed by atoms with Crippen LogP contribution in [0.1, 0.15) is 24.3 Å². The zero-order valence-corrected chi connectivity index (χ0v) is 15.1. The third kappa shape index (κ3) is 3.88. The van der Waals surface area contributed by atoms with Crippen LogP contribution in [-0.4, -0.2) is 26.3 Å². The minimum atomic E-state index is 0.0347. The number of carbonyl (C=O) groups excluding carboxylic acids is 1. The molecule has 0 saturated heterocycles. The predicted octanol–water partition coefficient (Wildman–Crippen LogP) is 3.54. The standard InChI is InChI=1S/C16H15N5O2S2/c1-9-4-2-3-5-11(9)14-19-18-12(23-14)8-24-16-21-20-15(25-16)17-13(22)10-6-7-10/h2-5,10H,6-8H2,1H3,(H,17,20,22). The molecule has 25 heavy (non-hydrogen) atoms. The molecule has 0 aliphatic heterocycles. The number of amides is 1. The summed E-state index contributed by atoms with van der Waals surface area (Å²) in [5.74, 6) is 1.74. The first-order valence-corrected chi connectivity index (χ1v) is 9.65. The highest BCUT2D eigenvalue weighted by Gasteiger charge is 2.30. The van der Waals surface area contributed by atoms with E-state index in [-0.39, 0.29) is 11.8 Å². The molecule has 2 heterocycles. The van der Waals surface area contributed by atoms with Gasteiger partial charge in [-0.15, -0.1) is 20.4 Å². The van der Waals surface area contributed by atoms with Crippen LogP contribution < -0.4 is 5.32 Å². The number of aromatic nitrogens is 4. The smallest absolute Gasteiger partial charge is 0.248 e. The van der Waals surface area contributed by atoms with Crippen molar-refractivity contribution in [2.75, 3.05) is 5.32 Å². The maximum absolute atomic E-state index is 11.7. The molecule has 1 N–H and O–H groups in total. The molecular weight excluding hydrogens is 358 g/mol. The number of hydrogen-bond acceptors (Lipinski definition) is 8. The molecule has 1 aromatic carbocycles. The molecule has 2 aromatic heterocycles. The molecule has 1 saturated carbocycles. The lowest BCUT2D eigenvalue weighted by atomic mass is 10.1. The summed E-state index contributed by atoms with van der Waals surface area (Å²) in [4.78, 5) is 11.7. The number of aryl methyl sites for hydroxylation is 1. The highest BCUT2D eigenvalue weighted by molar-refractivity contribution is 8.00. The summed E-state index contributed by atoms with van der Waals surface area (Å²) in [6.45, 7) is 2.01. The molecular formula is C16H15N5O2S2. The van der Waals surface area contributed by atoms with Crippen LogP contribution in [0.4, 0.5) is 5.13 Å². The van der Waals surface area contributed by atoms with Crippen molar-refractivity contribution >= 4 is 34.1 Å². The molecule has 1 aliphatic rings. The van der Waals surface area contributed by atoms with Crippen LogP contribution in [-0.2, 0) is 10.5 Å². The van der Waals surface area contributed by atoms with E-state index in [4.69, 9.17) is 4.42 Å². The number of hydrogen-bond donors (Lipinski definition) is 1. The van der Waals surface area contributed by atoms with Crippen LogP contribution in [0.25, 0.3) is 11.5 Å². The zero-order valence-electron chi connectivity index (χ0n) is 13.4. The highest BCUT2D eigenvalue weighted by Crippen LogP contribution is 2.32. The van der Waals surface area contributed by atoms with Crippen LogP contribution in [0.3, 0.4) is 0 Å². The van der Waals surface area contributed by atoms with E-state index < -0.39 is 0 Å². The first-order chi connectivity index (χ1) is 12.2. The molecule has 1 amide bonds. The van der Waals surface area contributed by atoms with Gasteiger partial charge in [0.1, 0.15) is 0 Å². The van der Waals surface area contributed by atoms with Gasteiger partial charge in [0, 0.05) is 11.5 Å². The second-order valence-electron chi connectivity index (χ2n) is 5.74. The molecule has 1 fully saturated rings.